The molecule has 106 valence electrons. The van der Waals surface area contributed by atoms with E-state index in [0.29, 0.717) is 0 Å². The van der Waals surface area contributed by atoms with Crippen LogP contribution in [0.5, 0.6) is 0 Å². The number of rotatable bonds is 3. The van der Waals surface area contributed by atoms with Crippen LogP contribution in [-0.2, 0) is 12.0 Å². The van der Waals surface area contributed by atoms with Crippen LogP contribution in [0.2, 0.25) is 0 Å². The number of hydrogen-bond acceptors (Lipinski definition) is 3. The first kappa shape index (κ1) is 14.7. The third-order valence-corrected chi connectivity index (χ3v) is 3.57. The fraction of sp³-hybridized carbons (Fsp3) is 0.412. The van der Waals surface area contributed by atoms with Gasteiger partial charge < -0.3 is 5.11 Å². The maximum absolute atomic E-state index is 10.3. The monoisotopic (exact) mass is 270 g/mol. The summed E-state index contributed by atoms with van der Waals surface area (Å²) in [5.74, 6) is 0. The van der Waals surface area contributed by atoms with E-state index in [-0.39, 0.29) is 0 Å². The highest BCUT2D eigenvalue weighted by atomic mass is 16.3. The first-order valence-electron chi connectivity index (χ1n) is 6.99. The van der Waals surface area contributed by atoms with Crippen LogP contribution >= 0.6 is 0 Å². The topological polar surface area (TPSA) is 46.0 Å². The standard InChI is InChI=1S/C17H22N2O/c1-6-13-7-8-14(19-16(13)17(4,5)20)15-9-11(2)12(3)10-18-15/h7-10,20H,6H2,1-5H3. The molecule has 0 saturated carbocycles. The van der Waals surface area contributed by atoms with Crippen molar-refractivity contribution in [1.29, 1.82) is 0 Å². The minimum Gasteiger partial charge on any atom is -0.384 e. The molecule has 0 spiro atoms. The van der Waals surface area contributed by atoms with Gasteiger partial charge in [-0.25, -0.2) is 4.98 Å². The molecule has 2 aromatic rings. The molecule has 0 aliphatic rings. The van der Waals surface area contributed by atoms with Gasteiger partial charge in [0.2, 0.25) is 0 Å². The lowest BCUT2D eigenvalue weighted by molar-refractivity contribution is 0.0729. The lowest BCUT2D eigenvalue weighted by Gasteiger charge is -2.21. The molecule has 0 bridgehead atoms. The van der Waals surface area contributed by atoms with Crippen molar-refractivity contribution in [3.8, 4) is 11.4 Å². The number of aliphatic hydroxyl groups is 1. The molecule has 0 unspecified atom stereocenters. The van der Waals surface area contributed by atoms with E-state index in [0.717, 1.165) is 29.1 Å². The molecule has 20 heavy (non-hydrogen) atoms. The summed E-state index contributed by atoms with van der Waals surface area (Å²) in [6.45, 7) is 9.72. The van der Waals surface area contributed by atoms with Crippen LogP contribution in [0.3, 0.4) is 0 Å². The Kier molecular flexibility index (Phi) is 3.91. The largest absolute Gasteiger partial charge is 0.384 e. The van der Waals surface area contributed by atoms with Gasteiger partial charge in [-0.1, -0.05) is 13.0 Å². The van der Waals surface area contributed by atoms with E-state index < -0.39 is 5.60 Å². The quantitative estimate of drug-likeness (QED) is 0.927. The van der Waals surface area contributed by atoms with Crippen LogP contribution in [-0.4, -0.2) is 15.1 Å². The summed E-state index contributed by atoms with van der Waals surface area (Å²) in [4.78, 5) is 9.09. The minimum absolute atomic E-state index is 0.734. The van der Waals surface area contributed by atoms with Crippen LogP contribution in [0, 0.1) is 13.8 Å². The zero-order chi connectivity index (χ0) is 14.9. The highest BCUT2D eigenvalue weighted by Crippen LogP contribution is 2.26. The van der Waals surface area contributed by atoms with Gasteiger partial charge in [-0.3, -0.25) is 4.98 Å². The Balaban J connectivity index is 2.55. The second-order valence-electron chi connectivity index (χ2n) is 5.77. The first-order chi connectivity index (χ1) is 9.32. The number of aryl methyl sites for hydroxylation is 3. The molecule has 0 fully saturated rings. The molecule has 0 aliphatic carbocycles. The van der Waals surface area contributed by atoms with Gasteiger partial charge in [0.25, 0.3) is 0 Å². The lowest BCUT2D eigenvalue weighted by atomic mass is 9.97. The predicted molar refractivity (Wildman–Crippen MR) is 81.6 cm³/mol. The van der Waals surface area contributed by atoms with Gasteiger partial charge >= 0.3 is 0 Å². The molecule has 0 amide bonds. The highest BCUT2D eigenvalue weighted by molar-refractivity contribution is 5.56. The van der Waals surface area contributed by atoms with Gasteiger partial charge in [0.1, 0.15) is 5.60 Å². The van der Waals surface area contributed by atoms with E-state index in [2.05, 4.69) is 23.8 Å². The third-order valence-electron chi connectivity index (χ3n) is 3.57. The van der Waals surface area contributed by atoms with Gasteiger partial charge in [0, 0.05) is 6.20 Å². The summed E-state index contributed by atoms with van der Waals surface area (Å²) in [6.07, 6.45) is 2.72. The first-order valence-corrected chi connectivity index (χ1v) is 6.99. The van der Waals surface area contributed by atoms with Crippen LogP contribution < -0.4 is 0 Å². The van der Waals surface area contributed by atoms with Crippen molar-refractivity contribution < 1.29 is 5.11 Å². The van der Waals surface area contributed by atoms with Gasteiger partial charge in [0.05, 0.1) is 17.1 Å². The van der Waals surface area contributed by atoms with Crippen molar-refractivity contribution in [1.82, 2.24) is 9.97 Å². The van der Waals surface area contributed by atoms with E-state index in [1.54, 1.807) is 13.8 Å². The van der Waals surface area contributed by atoms with E-state index in [1.165, 1.54) is 11.1 Å². The van der Waals surface area contributed by atoms with Crippen LogP contribution in [0.25, 0.3) is 11.4 Å². The van der Waals surface area contributed by atoms with Crippen molar-refractivity contribution in [2.24, 2.45) is 0 Å². The maximum atomic E-state index is 10.3. The van der Waals surface area contributed by atoms with Crippen molar-refractivity contribution in [3.63, 3.8) is 0 Å². The summed E-state index contributed by atoms with van der Waals surface area (Å²) in [6, 6.07) is 6.05. The number of pyridine rings is 2. The van der Waals surface area contributed by atoms with Gasteiger partial charge in [-0.05, 0) is 62.9 Å². The molecule has 3 nitrogen and oxygen atoms in total. The SMILES string of the molecule is CCc1ccc(-c2cc(C)c(C)cn2)nc1C(C)(C)O. The molecule has 3 heteroatoms. The Morgan fingerprint density at radius 1 is 1.10 bits per heavy atom. The van der Waals surface area contributed by atoms with Crippen molar-refractivity contribution in [2.75, 3.05) is 0 Å². The molecule has 0 saturated heterocycles. The van der Waals surface area contributed by atoms with E-state index >= 15 is 0 Å². The summed E-state index contributed by atoms with van der Waals surface area (Å²) in [5.41, 5.74) is 4.88. The van der Waals surface area contributed by atoms with Gasteiger partial charge in [0.15, 0.2) is 0 Å². The van der Waals surface area contributed by atoms with Gasteiger partial charge in [-0.2, -0.15) is 0 Å². The lowest BCUT2D eigenvalue weighted by Crippen LogP contribution is -2.20. The zero-order valence-corrected chi connectivity index (χ0v) is 12.9. The summed E-state index contributed by atoms with van der Waals surface area (Å²) in [5, 5.41) is 10.3. The smallest absolute Gasteiger partial charge is 0.101 e. The molecular weight excluding hydrogens is 248 g/mol. The average Bonchev–Trinajstić information content (AvgIpc) is 2.40. The van der Waals surface area contributed by atoms with Crippen LogP contribution in [0.15, 0.2) is 24.4 Å². The molecule has 2 heterocycles. The molecule has 0 aliphatic heterocycles. The Morgan fingerprint density at radius 2 is 1.80 bits per heavy atom. The third kappa shape index (κ3) is 2.88. The molecule has 2 rings (SSSR count). The Morgan fingerprint density at radius 3 is 2.35 bits per heavy atom. The Labute approximate surface area is 120 Å². The number of nitrogens with zero attached hydrogens (tertiary/aromatic N) is 2. The Hall–Kier alpha value is -1.74. The van der Waals surface area contributed by atoms with E-state index in [4.69, 9.17) is 0 Å². The molecule has 0 atom stereocenters. The van der Waals surface area contributed by atoms with Crippen molar-refractivity contribution in [2.45, 2.75) is 46.6 Å². The van der Waals surface area contributed by atoms with Gasteiger partial charge in [-0.15, -0.1) is 0 Å². The van der Waals surface area contributed by atoms with Crippen LogP contribution in [0.1, 0.15) is 43.2 Å². The normalized spacial score (nSPS) is 11.7. The van der Waals surface area contributed by atoms with Crippen LogP contribution in [0.4, 0.5) is 0 Å². The summed E-state index contributed by atoms with van der Waals surface area (Å²) in [7, 11) is 0. The van der Waals surface area contributed by atoms with Crippen molar-refractivity contribution in [3.05, 3.63) is 46.8 Å². The minimum atomic E-state index is -0.943. The van der Waals surface area contributed by atoms with E-state index in [1.807, 2.05) is 31.3 Å². The maximum Gasteiger partial charge on any atom is 0.101 e. The van der Waals surface area contributed by atoms with Crippen molar-refractivity contribution >= 4 is 0 Å². The molecule has 1 N–H and O–H groups in total. The predicted octanol–water partition coefficient (Wildman–Crippen LogP) is 3.55. The zero-order valence-electron chi connectivity index (χ0n) is 12.9. The fourth-order valence-corrected chi connectivity index (χ4v) is 2.21. The molecule has 2 aromatic heterocycles. The summed E-state index contributed by atoms with van der Waals surface area (Å²) < 4.78 is 0. The number of aromatic nitrogens is 2. The fourth-order valence-electron chi connectivity index (χ4n) is 2.21. The molecular formula is C17H22N2O. The second kappa shape index (κ2) is 5.33. The molecule has 0 radical (unpaired) electrons. The van der Waals surface area contributed by atoms with E-state index in [9.17, 15) is 5.11 Å². The summed E-state index contributed by atoms with van der Waals surface area (Å²) >= 11 is 0. The second-order valence-corrected chi connectivity index (χ2v) is 5.77. The number of hydrogen-bond donors (Lipinski definition) is 1. The molecule has 0 aromatic carbocycles. The average molecular weight is 270 g/mol. The highest BCUT2D eigenvalue weighted by Gasteiger charge is 2.22. The Bertz CT molecular complexity index is 627.